The predicted octanol–water partition coefficient (Wildman–Crippen LogP) is 4.51. The molecule has 1 saturated heterocycles. The van der Waals surface area contributed by atoms with Crippen LogP contribution in [0.25, 0.3) is 0 Å². The van der Waals surface area contributed by atoms with Gasteiger partial charge in [-0.1, -0.05) is 48.2 Å². The van der Waals surface area contributed by atoms with Crippen molar-refractivity contribution >= 4 is 45.6 Å². The second-order valence-corrected chi connectivity index (χ2v) is 6.73. The van der Waals surface area contributed by atoms with Crippen LogP contribution >= 0.6 is 24.0 Å². The smallest absolute Gasteiger partial charge is 0.365 e. The maximum Gasteiger partial charge on any atom is 0.416 e. The summed E-state index contributed by atoms with van der Waals surface area (Å²) in [6.45, 7) is 0. The highest BCUT2D eigenvalue weighted by atomic mass is 32.2. The molecule has 3 nitrogen and oxygen atoms in total. The minimum atomic E-state index is -4.43. The molecule has 0 radical (unpaired) electrons. The van der Waals surface area contributed by atoms with Crippen LogP contribution in [0.3, 0.4) is 0 Å². The Balaban J connectivity index is 1.80. The van der Waals surface area contributed by atoms with Crippen molar-refractivity contribution in [3.8, 4) is 0 Å². The highest BCUT2D eigenvalue weighted by Gasteiger charge is 2.38. The fourth-order valence-corrected chi connectivity index (χ4v) is 3.64. The van der Waals surface area contributed by atoms with Gasteiger partial charge in [0.15, 0.2) is 5.37 Å². The normalized spacial score (nSPS) is 18.1. The first-order chi connectivity index (χ1) is 11.4. The van der Waals surface area contributed by atoms with E-state index >= 15 is 0 Å². The molecule has 3 rings (SSSR count). The number of nitrogens with one attached hydrogen (secondary N) is 1. The second kappa shape index (κ2) is 6.45. The lowest BCUT2D eigenvalue weighted by molar-refractivity contribution is -0.137. The van der Waals surface area contributed by atoms with Crippen LogP contribution in [0, 0.1) is 0 Å². The number of thiocarbonyl (C=S) groups is 1. The van der Waals surface area contributed by atoms with Crippen LogP contribution in [0.15, 0.2) is 54.6 Å². The van der Waals surface area contributed by atoms with Gasteiger partial charge >= 0.3 is 6.18 Å². The molecule has 1 heterocycles. The number of alkyl halides is 3. The van der Waals surface area contributed by atoms with Gasteiger partial charge in [-0.25, -0.2) is 0 Å². The summed E-state index contributed by atoms with van der Waals surface area (Å²) in [6, 6.07) is 13.6. The summed E-state index contributed by atoms with van der Waals surface area (Å²) in [7, 11) is 0. The summed E-state index contributed by atoms with van der Waals surface area (Å²) in [5, 5.41) is 2.05. The Hall–Kier alpha value is -2.06. The predicted molar refractivity (Wildman–Crippen MR) is 93.0 cm³/mol. The largest absolute Gasteiger partial charge is 0.416 e. The van der Waals surface area contributed by atoms with E-state index in [0.29, 0.717) is 10.0 Å². The number of rotatable bonds is 3. The lowest BCUT2D eigenvalue weighted by Crippen LogP contribution is -2.34. The third-order valence-corrected chi connectivity index (χ3v) is 4.76. The highest BCUT2D eigenvalue weighted by Crippen LogP contribution is 2.34. The zero-order valence-corrected chi connectivity index (χ0v) is 13.7. The standard InChI is InChI=1S/C16H11F3N2OS2/c17-16(18,19)10-5-4-6-11(9-10)20-13-14(22)21(15(23)24-13)12-7-2-1-3-8-12/h1-9,13,20H. The topological polar surface area (TPSA) is 32.3 Å². The molecule has 24 heavy (non-hydrogen) atoms. The Morgan fingerprint density at radius 1 is 1.08 bits per heavy atom. The van der Waals surface area contributed by atoms with Crippen LogP contribution in [0.2, 0.25) is 0 Å². The third-order valence-electron chi connectivity index (χ3n) is 3.35. The zero-order valence-electron chi connectivity index (χ0n) is 12.1. The number of halogens is 3. The molecule has 8 heteroatoms. The maximum absolute atomic E-state index is 12.8. The summed E-state index contributed by atoms with van der Waals surface area (Å²) >= 11 is 6.33. The van der Waals surface area contributed by atoms with E-state index in [-0.39, 0.29) is 11.6 Å². The van der Waals surface area contributed by atoms with E-state index in [4.69, 9.17) is 12.2 Å². The van der Waals surface area contributed by atoms with E-state index in [2.05, 4.69) is 5.32 Å². The molecule has 1 N–H and O–H groups in total. The number of amides is 1. The van der Waals surface area contributed by atoms with E-state index in [1.165, 1.54) is 17.0 Å². The van der Waals surface area contributed by atoms with Gasteiger partial charge in [-0.05, 0) is 30.3 Å². The van der Waals surface area contributed by atoms with Crippen molar-refractivity contribution in [2.45, 2.75) is 11.6 Å². The zero-order chi connectivity index (χ0) is 17.3. The van der Waals surface area contributed by atoms with Crippen LogP contribution in [-0.2, 0) is 11.0 Å². The van der Waals surface area contributed by atoms with Gasteiger partial charge in [0, 0.05) is 5.69 Å². The molecule has 1 aliphatic rings. The average molecular weight is 368 g/mol. The van der Waals surface area contributed by atoms with Crippen LogP contribution in [0.4, 0.5) is 24.5 Å². The molecule has 1 fully saturated rings. The second-order valence-electron chi connectivity index (χ2n) is 5.00. The van der Waals surface area contributed by atoms with Gasteiger partial charge in [0.2, 0.25) is 0 Å². The number of benzene rings is 2. The number of nitrogens with zero attached hydrogens (tertiary/aromatic N) is 1. The third kappa shape index (κ3) is 3.39. The molecule has 2 aromatic carbocycles. The molecule has 1 atom stereocenters. The fraction of sp³-hybridized carbons (Fsp3) is 0.125. The number of anilines is 2. The number of carbonyl (C=O) groups is 1. The Morgan fingerprint density at radius 2 is 1.79 bits per heavy atom. The molecular weight excluding hydrogens is 357 g/mol. The summed E-state index contributed by atoms with van der Waals surface area (Å²) in [5.41, 5.74) is 0.0761. The first kappa shape index (κ1) is 16.8. The van der Waals surface area contributed by atoms with Gasteiger partial charge < -0.3 is 5.32 Å². The van der Waals surface area contributed by atoms with Crippen LogP contribution in [-0.4, -0.2) is 15.6 Å². The first-order valence-corrected chi connectivity index (χ1v) is 8.18. The lowest BCUT2D eigenvalue weighted by Gasteiger charge is -2.16. The van der Waals surface area contributed by atoms with E-state index in [0.717, 1.165) is 23.9 Å². The minimum absolute atomic E-state index is 0.216. The Kier molecular flexibility index (Phi) is 4.51. The van der Waals surface area contributed by atoms with Crippen LogP contribution < -0.4 is 10.2 Å². The SMILES string of the molecule is O=C1C(Nc2cccc(C(F)(F)F)c2)SC(=S)N1c1ccccc1. The van der Waals surface area contributed by atoms with Gasteiger partial charge in [-0.15, -0.1) is 0 Å². The van der Waals surface area contributed by atoms with Crippen molar-refractivity contribution in [2.75, 3.05) is 10.2 Å². The summed E-state index contributed by atoms with van der Waals surface area (Å²) in [4.78, 5) is 13.9. The Bertz CT molecular complexity index is 780. The summed E-state index contributed by atoms with van der Waals surface area (Å²) in [6.07, 6.45) is -4.43. The van der Waals surface area contributed by atoms with Crippen molar-refractivity contribution < 1.29 is 18.0 Å². The van der Waals surface area contributed by atoms with Crippen molar-refractivity contribution in [2.24, 2.45) is 0 Å². The average Bonchev–Trinajstić information content (AvgIpc) is 2.82. The minimum Gasteiger partial charge on any atom is -0.365 e. The van der Waals surface area contributed by atoms with Crippen LogP contribution in [0.1, 0.15) is 5.56 Å². The van der Waals surface area contributed by atoms with E-state index in [9.17, 15) is 18.0 Å². The molecule has 0 aromatic heterocycles. The molecule has 2 aromatic rings. The number of carbonyl (C=O) groups excluding carboxylic acids is 1. The molecule has 1 amide bonds. The van der Waals surface area contributed by atoms with Gasteiger partial charge in [-0.2, -0.15) is 13.2 Å². The quantitative estimate of drug-likeness (QED) is 0.808. The van der Waals surface area contributed by atoms with E-state index < -0.39 is 17.1 Å². The summed E-state index contributed by atoms with van der Waals surface area (Å²) < 4.78 is 38.7. The van der Waals surface area contributed by atoms with Gasteiger partial charge in [0.1, 0.15) is 4.32 Å². The monoisotopic (exact) mass is 368 g/mol. The molecule has 1 aliphatic heterocycles. The molecule has 0 bridgehead atoms. The lowest BCUT2D eigenvalue weighted by atomic mass is 10.2. The van der Waals surface area contributed by atoms with E-state index in [1.54, 1.807) is 24.3 Å². The number of hydrogen-bond donors (Lipinski definition) is 1. The fourth-order valence-electron chi connectivity index (χ4n) is 2.25. The van der Waals surface area contributed by atoms with Crippen LogP contribution in [0.5, 0.6) is 0 Å². The number of thioether (sulfide) groups is 1. The van der Waals surface area contributed by atoms with Gasteiger partial charge in [0.05, 0.1) is 11.3 Å². The first-order valence-electron chi connectivity index (χ1n) is 6.90. The molecule has 1 unspecified atom stereocenters. The van der Waals surface area contributed by atoms with E-state index in [1.807, 2.05) is 6.07 Å². The summed E-state index contributed by atoms with van der Waals surface area (Å²) in [5.74, 6) is -0.311. The van der Waals surface area contributed by atoms with Crippen molar-refractivity contribution in [1.82, 2.24) is 0 Å². The Morgan fingerprint density at radius 3 is 2.46 bits per heavy atom. The maximum atomic E-state index is 12.8. The van der Waals surface area contributed by atoms with Crippen molar-refractivity contribution in [3.05, 3.63) is 60.2 Å². The molecule has 124 valence electrons. The number of para-hydroxylation sites is 1. The number of hydrogen-bond acceptors (Lipinski definition) is 4. The molecule has 0 aliphatic carbocycles. The van der Waals surface area contributed by atoms with Crippen molar-refractivity contribution in [1.29, 1.82) is 0 Å². The molecule has 0 saturated carbocycles. The van der Waals surface area contributed by atoms with Crippen molar-refractivity contribution in [3.63, 3.8) is 0 Å². The molecule has 0 spiro atoms. The highest BCUT2D eigenvalue weighted by molar-refractivity contribution is 8.25. The molecular formula is C16H11F3N2OS2. The Labute approximate surface area is 145 Å². The van der Waals surface area contributed by atoms with Gasteiger partial charge in [-0.3, -0.25) is 9.69 Å². The van der Waals surface area contributed by atoms with Gasteiger partial charge in [0.25, 0.3) is 5.91 Å².